The van der Waals surface area contributed by atoms with Crippen molar-refractivity contribution in [3.63, 3.8) is 0 Å². The standard InChI is InChI=1S/C14H17NO2/c1-14(2,3)17-13(16)9-8-11-4-6-12(10-15)7-5-11/h4-7H,8-9H2,1-3H3. The van der Waals surface area contributed by atoms with Crippen molar-refractivity contribution in [3.05, 3.63) is 35.4 Å². The van der Waals surface area contributed by atoms with Gasteiger partial charge in [-0.1, -0.05) is 12.1 Å². The Morgan fingerprint density at radius 1 is 1.29 bits per heavy atom. The first-order valence-electron chi connectivity index (χ1n) is 5.61. The van der Waals surface area contributed by atoms with Crippen LogP contribution in [-0.4, -0.2) is 11.6 Å². The SMILES string of the molecule is CC(C)(C)OC(=O)CCc1ccc(C#N)cc1. The molecule has 0 amide bonds. The van der Waals surface area contributed by atoms with Crippen LogP contribution < -0.4 is 0 Å². The number of esters is 1. The smallest absolute Gasteiger partial charge is 0.306 e. The zero-order valence-corrected chi connectivity index (χ0v) is 10.5. The summed E-state index contributed by atoms with van der Waals surface area (Å²) in [7, 11) is 0. The Morgan fingerprint density at radius 2 is 1.88 bits per heavy atom. The van der Waals surface area contributed by atoms with E-state index >= 15 is 0 Å². The summed E-state index contributed by atoms with van der Waals surface area (Å²) in [6, 6.07) is 9.30. The number of rotatable bonds is 3. The molecule has 0 bridgehead atoms. The number of ether oxygens (including phenoxy) is 1. The summed E-state index contributed by atoms with van der Waals surface area (Å²) in [4.78, 5) is 11.5. The van der Waals surface area contributed by atoms with Crippen molar-refractivity contribution in [2.75, 3.05) is 0 Å². The number of hydrogen-bond donors (Lipinski definition) is 0. The maximum absolute atomic E-state index is 11.5. The molecule has 1 aromatic rings. The summed E-state index contributed by atoms with van der Waals surface area (Å²) >= 11 is 0. The fourth-order valence-electron chi connectivity index (χ4n) is 1.38. The molecule has 0 atom stereocenters. The van der Waals surface area contributed by atoms with Crippen molar-refractivity contribution in [2.24, 2.45) is 0 Å². The van der Waals surface area contributed by atoms with E-state index in [1.165, 1.54) is 0 Å². The van der Waals surface area contributed by atoms with E-state index in [-0.39, 0.29) is 5.97 Å². The van der Waals surface area contributed by atoms with E-state index in [9.17, 15) is 4.79 Å². The van der Waals surface area contributed by atoms with Gasteiger partial charge in [0.2, 0.25) is 0 Å². The highest BCUT2D eigenvalue weighted by Crippen LogP contribution is 2.11. The zero-order valence-electron chi connectivity index (χ0n) is 10.5. The van der Waals surface area contributed by atoms with Crippen LogP contribution in [0.4, 0.5) is 0 Å². The van der Waals surface area contributed by atoms with Crippen LogP contribution in [0.15, 0.2) is 24.3 Å². The third-order valence-electron chi connectivity index (χ3n) is 2.12. The van der Waals surface area contributed by atoms with Crippen LogP contribution in [-0.2, 0) is 16.0 Å². The van der Waals surface area contributed by atoms with Crippen molar-refractivity contribution in [1.29, 1.82) is 5.26 Å². The Balaban J connectivity index is 2.45. The van der Waals surface area contributed by atoms with Crippen molar-refractivity contribution >= 4 is 5.97 Å². The van der Waals surface area contributed by atoms with Crippen LogP contribution in [0.1, 0.15) is 38.3 Å². The summed E-state index contributed by atoms with van der Waals surface area (Å²) in [6.07, 6.45) is 1.00. The maximum atomic E-state index is 11.5. The van der Waals surface area contributed by atoms with Gasteiger partial charge in [-0.05, 0) is 44.9 Å². The molecule has 0 N–H and O–H groups in total. The van der Waals surface area contributed by atoms with E-state index in [2.05, 4.69) is 6.07 Å². The van der Waals surface area contributed by atoms with Gasteiger partial charge in [0.1, 0.15) is 5.60 Å². The lowest BCUT2D eigenvalue weighted by Gasteiger charge is -2.19. The number of nitrogens with zero attached hydrogens (tertiary/aromatic N) is 1. The lowest BCUT2D eigenvalue weighted by molar-refractivity contribution is -0.154. The second-order valence-electron chi connectivity index (χ2n) is 4.90. The van der Waals surface area contributed by atoms with E-state index in [0.717, 1.165) is 5.56 Å². The van der Waals surface area contributed by atoms with E-state index in [0.29, 0.717) is 18.4 Å². The second kappa shape index (κ2) is 5.49. The number of benzene rings is 1. The molecule has 0 unspecified atom stereocenters. The van der Waals surface area contributed by atoms with Gasteiger partial charge in [0.25, 0.3) is 0 Å². The Morgan fingerprint density at radius 3 is 2.35 bits per heavy atom. The summed E-state index contributed by atoms with van der Waals surface area (Å²) in [5, 5.41) is 8.65. The van der Waals surface area contributed by atoms with Crippen LogP contribution in [0, 0.1) is 11.3 Å². The molecule has 0 aliphatic rings. The van der Waals surface area contributed by atoms with Gasteiger partial charge in [-0.25, -0.2) is 0 Å². The van der Waals surface area contributed by atoms with Gasteiger partial charge in [0.15, 0.2) is 0 Å². The summed E-state index contributed by atoms with van der Waals surface area (Å²) in [5.74, 6) is -0.193. The number of hydrogen-bond acceptors (Lipinski definition) is 3. The molecule has 3 heteroatoms. The minimum absolute atomic E-state index is 0.193. The highest BCUT2D eigenvalue weighted by molar-refractivity contribution is 5.70. The van der Waals surface area contributed by atoms with Crippen molar-refractivity contribution in [2.45, 2.75) is 39.2 Å². The van der Waals surface area contributed by atoms with E-state index in [1.807, 2.05) is 32.9 Å². The third-order valence-corrected chi connectivity index (χ3v) is 2.12. The fraction of sp³-hybridized carbons (Fsp3) is 0.429. The molecule has 0 heterocycles. The summed E-state index contributed by atoms with van der Waals surface area (Å²) in [6.45, 7) is 5.56. The van der Waals surface area contributed by atoms with Gasteiger partial charge in [0.05, 0.1) is 11.6 Å². The van der Waals surface area contributed by atoms with Crippen LogP contribution >= 0.6 is 0 Å². The maximum Gasteiger partial charge on any atom is 0.306 e. The van der Waals surface area contributed by atoms with Crippen LogP contribution in [0.25, 0.3) is 0 Å². The number of carbonyl (C=O) groups excluding carboxylic acids is 1. The molecule has 0 spiro atoms. The van der Waals surface area contributed by atoms with Crippen molar-refractivity contribution in [3.8, 4) is 6.07 Å². The Hall–Kier alpha value is -1.82. The molecule has 0 aliphatic heterocycles. The van der Waals surface area contributed by atoms with Gasteiger partial charge in [-0.3, -0.25) is 4.79 Å². The molecule has 0 radical (unpaired) electrons. The van der Waals surface area contributed by atoms with Gasteiger partial charge < -0.3 is 4.74 Å². The predicted octanol–water partition coefficient (Wildman–Crippen LogP) is 2.83. The average molecular weight is 231 g/mol. The molecule has 90 valence electrons. The van der Waals surface area contributed by atoms with E-state index in [1.54, 1.807) is 12.1 Å². The number of aryl methyl sites for hydroxylation is 1. The molecular weight excluding hydrogens is 214 g/mol. The molecule has 0 aliphatic carbocycles. The largest absolute Gasteiger partial charge is 0.460 e. The molecular formula is C14H17NO2. The molecule has 0 fully saturated rings. The lowest BCUT2D eigenvalue weighted by Crippen LogP contribution is -2.23. The molecule has 17 heavy (non-hydrogen) atoms. The average Bonchev–Trinajstić information content (AvgIpc) is 2.25. The normalized spacial score (nSPS) is 10.7. The predicted molar refractivity (Wildman–Crippen MR) is 65.3 cm³/mol. The number of nitriles is 1. The first kappa shape index (κ1) is 13.2. The molecule has 0 saturated carbocycles. The minimum atomic E-state index is -0.429. The molecule has 3 nitrogen and oxygen atoms in total. The van der Waals surface area contributed by atoms with Gasteiger partial charge >= 0.3 is 5.97 Å². The summed E-state index contributed by atoms with van der Waals surface area (Å²) in [5.41, 5.74) is 1.24. The van der Waals surface area contributed by atoms with E-state index in [4.69, 9.17) is 10.00 Å². The lowest BCUT2D eigenvalue weighted by atomic mass is 10.1. The highest BCUT2D eigenvalue weighted by atomic mass is 16.6. The fourth-order valence-corrected chi connectivity index (χ4v) is 1.38. The molecule has 0 saturated heterocycles. The first-order valence-corrected chi connectivity index (χ1v) is 5.61. The molecule has 1 rings (SSSR count). The van der Waals surface area contributed by atoms with Gasteiger partial charge in [-0.2, -0.15) is 5.26 Å². The highest BCUT2D eigenvalue weighted by Gasteiger charge is 2.15. The first-order chi connectivity index (χ1) is 7.90. The van der Waals surface area contributed by atoms with Crippen LogP contribution in [0.5, 0.6) is 0 Å². The van der Waals surface area contributed by atoms with Crippen molar-refractivity contribution < 1.29 is 9.53 Å². The van der Waals surface area contributed by atoms with Gasteiger partial charge in [0, 0.05) is 6.42 Å². The monoisotopic (exact) mass is 231 g/mol. The summed E-state index contributed by atoms with van der Waals surface area (Å²) < 4.78 is 5.21. The zero-order chi connectivity index (χ0) is 12.9. The quantitative estimate of drug-likeness (QED) is 0.751. The van der Waals surface area contributed by atoms with Gasteiger partial charge in [-0.15, -0.1) is 0 Å². The van der Waals surface area contributed by atoms with Crippen molar-refractivity contribution in [1.82, 2.24) is 0 Å². The number of carbonyl (C=O) groups is 1. The van der Waals surface area contributed by atoms with E-state index < -0.39 is 5.60 Å². The third kappa shape index (κ3) is 5.17. The minimum Gasteiger partial charge on any atom is -0.460 e. The Labute approximate surface area is 102 Å². The molecule has 0 aromatic heterocycles. The molecule has 1 aromatic carbocycles. The second-order valence-corrected chi connectivity index (χ2v) is 4.90. The Kier molecular flexibility index (Phi) is 4.28. The van der Waals surface area contributed by atoms with Crippen LogP contribution in [0.2, 0.25) is 0 Å². The topological polar surface area (TPSA) is 50.1 Å². The van der Waals surface area contributed by atoms with Crippen LogP contribution in [0.3, 0.4) is 0 Å². The Bertz CT molecular complexity index is 421.